The van der Waals surface area contributed by atoms with Crippen LogP contribution in [0.15, 0.2) is 18.2 Å². The first kappa shape index (κ1) is 14.4. The molecule has 0 saturated carbocycles. The molecule has 20 heavy (non-hydrogen) atoms. The van der Waals surface area contributed by atoms with Gasteiger partial charge in [-0.3, -0.25) is 14.9 Å². The van der Waals surface area contributed by atoms with Crippen molar-refractivity contribution in [3.63, 3.8) is 0 Å². The van der Waals surface area contributed by atoms with Crippen LogP contribution in [0.5, 0.6) is 0 Å². The first-order chi connectivity index (χ1) is 9.58. The van der Waals surface area contributed by atoms with Crippen molar-refractivity contribution < 1.29 is 19.2 Å². The standard InChI is InChI=1S/C13H16N2O5/c1-9(16)10-2-3-12(13(6-10)15(17)18)14-7-11-8-19-4-5-20-11/h2-3,6,11,14H,4-5,7-8H2,1H3. The third-order valence-electron chi connectivity index (χ3n) is 3.01. The number of Topliss-reactive ketones (excluding diaryl/α,β-unsaturated/α-hetero) is 1. The van der Waals surface area contributed by atoms with Crippen molar-refractivity contribution in [3.05, 3.63) is 33.9 Å². The summed E-state index contributed by atoms with van der Waals surface area (Å²) < 4.78 is 10.7. The monoisotopic (exact) mass is 280 g/mol. The van der Waals surface area contributed by atoms with E-state index in [1.165, 1.54) is 13.0 Å². The van der Waals surface area contributed by atoms with E-state index in [0.717, 1.165) is 0 Å². The quantitative estimate of drug-likeness (QED) is 0.500. The molecule has 0 radical (unpaired) electrons. The fourth-order valence-electron chi connectivity index (χ4n) is 1.93. The molecule has 1 aromatic carbocycles. The van der Waals surface area contributed by atoms with Gasteiger partial charge in [0.25, 0.3) is 5.69 Å². The minimum atomic E-state index is -0.507. The smallest absolute Gasteiger partial charge is 0.293 e. The highest BCUT2D eigenvalue weighted by molar-refractivity contribution is 5.95. The molecule has 2 rings (SSSR count). The number of nitro groups is 1. The third-order valence-corrected chi connectivity index (χ3v) is 3.01. The second kappa shape index (κ2) is 6.44. The van der Waals surface area contributed by atoms with Gasteiger partial charge in [0.1, 0.15) is 5.69 Å². The Morgan fingerprint density at radius 2 is 2.30 bits per heavy atom. The summed E-state index contributed by atoms with van der Waals surface area (Å²) in [6.07, 6.45) is -0.129. The van der Waals surface area contributed by atoms with E-state index in [1.807, 2.05) is 0 Å². The van der Waals surface area contributed by atoms with E-state index in [4.69, 9.17) is 9.47 Å². The summed E-state index contributed by atoms with van der Waals surface area (Å²) in [4.78, 5) is 21.8. The number of carbonyl (C=O) groups excluding carboxylic acids is 1. The Labute approximate surface area is 116 Å². The average molecular weight is 280 g/mol. The maximum Gasteiger partial charge on any atom is 0.293 e. The van der Waals surface area contributed by atoms with Gasteiger partial charge in [-0.2, -0.15) is 0 Å². The highest BCUT2D eigenvalue weighted by atomic mass is 16.6. The van der Waals surface area contributed by atoms with Crippen LogP contribution in [0.25, 0.3) is 0 Å². The molecule has 108 valence electrons. The predicted molar refractivity (Wildman–Crippen MR) is 72.1 cm³/mol. The van der Waals surface area contributed by atoms with Gasteiger partial charge in [0.05, 0.1) is 30.8 Å². The Balaban J connectivity index is 2.09. The number of nitrogens with one attached hydrogen (secondary N) is 1. The lowest BCUT2D eigenvalue weighted by molar-refractivity contribution is -0.384. The van der Waals surface area contributed by atoms with E-state index < -0.39 is 4.92 Å². The minimum Gasteiger partial charge on any atom is -0.377 e. The van der Waals surface area contributed by atoms with E-state index in [-0.39, 0.29) is 17.6 Å². The van der Waals surface area contributed by atoms with E-state index in [9.17, 15) is 14.9 Å². The average Bonchev–Trinajstić information content (AvgIpc) is 2.45. The van der Waals surface area contributed by atoms with Gasteiger partial charge in [0.15, 0.2) is 5.78 Å². The minimum absolute atomic E-state index is 0.116. The highest BCUT2D eigenvalue weighted by Gasteiger charge is 2.19. The Kier molecular flexibility index (Phi) is 4.65. The van der Waals surface area contributed by atoms with Gasteiger partial charge >= 0.3 is 0 Å². The normalized spacial score (nSPS) is 18.6. The van der Waals surface area contributed by atoms with Gasteiger partial charge in [0.2, 0.25) is 0 Å². The topological polar surface area (TPSA) is 90.7 Å². The number of benzene rings is 1. The molecule has 0 aliphatic carbocycles. The maximum absolute atomic E-state index is 11.3. The number of nitrogens with zero attached hydrogens (tertiary/aromatic N) is 1. The molecule has 0 amide bonds. The second-order valence-corrected chi connectivity index (χ2v) is 4.49. The van der Waals surface area contributed by atoms with Crippen LogP contribution >= 0.6 is 0 Å². The summed E-state index contributed by atoms with van der Waals surface area (Å²) >= 11 is 0. The molecule has 1 aliphatic rings. The molecule has 1 N–H and O–H groups in total. The number of ether oxygens (including phenoxy) is 2. The van der Waals surface area contributed by atoms with Crippen LogP contribution in [0, 0.1) is 10.1 Å². The van der Waals surface area contributed by atoms with Crippen LogP contribution in [-0.4, -0.2) is 43.2 Å². The molecular weight excluding hydrogens is 264 g/mol. The summed E-state index contributed by atoms with van der Waals surface area (Å²) in [6.45, 7) is 3.35. The number of hydrogen-bond donors (Lipinski definition) is 1. The summed E-state index contributed by atoms with van der Waals surface area (Å²) in [5.41, 5.74) is 0.572. The van der Waals surface area contributed by atoms with Crippen LogP contribution in [0.4, 0.5) is 11.4 Å². The number of hydrogen-bond acceptors (Lipinski definition) is 6. The fraction of sp³-hybridized carbons (Fsp3) is 0.462. The fourth-order valence-corrected chi connectivity index (χ4v) is 1.93. The summed E-state index contributed by atoms with van der Waals surface area (Å²) in [5, 5.41) is 14.0. The van der Waals surface area contributed by atoms with Crippen LogP contribution in [0.2, 0.25) is 0 Å². The molecule has 7 heteroatoms. The molecule has 0 bridgehead atoms. The van der Waals surface area contributed by atoms with Crippen LogP contribution < -0.4 is 5.32 Å². The Morgan fingerprint density at radius 3 is 2.90 bits per heavy atom. The molecule has 1 heterocycles. The third kappa shape index (κ3) is 3.52. The zero-order valence-corrected chi connectivity index (χ0v) is 11.1. The second-order valence-electron chi connectivity index (χ2n) is 4.49. The first-order valence-corrected chi connectivity index (χ1v) is 6.30. The lowest BCUT2D eigenvalue weighted by Gasteiger charge is -2.23. The van der Waals surface area contributed by atoms with Gasteiger partial charge < -0.3 is 14.8 Å². The lowest BCUT2D eigenvalue weighted by atomic mass is 10.1. The van der Waals surface area contributed by atoms with E-state index in [1.54, 1.807) is 12.1 Å². The molecule has 7 nitrogen and oxygen atoms in total. The summed E-state index contributed by atoms with van der Waals surface area (Å²) in [6, 6.07) is 4.39. The van der Waals surface area contributed by atoms with Gasteiger partial charge in [0, 0.05) is 18.2 Å². The number of ketones is 1. The Morgan fingerprint density at radius 1 is 1.50 bits per heavy atom. The van der Waals surface area contributed by atoms with Crippen molar-refractivity contribution >= 4 is 17.2 Å². The molecular formula is C13H16N2O5. The molecule has 0 aromatic heterocycles. The Bertz CT molecular complexity index is 511. The molecule has 1 fully saturated rings. The van der Waals surface area contributed by atoms with E-state index in [2.05, 4.69) is 5.32 Å². The molecule has 1 atom stereocenters. The SMILES string of the molecule is CC(=O)c1ccc(NCC2COCCO2)c([N+](=O)[O-])c1. The van der Waals surface area contributed by atoms with Crippen molar-refractivity contribution in [1.82, 2.24) is 0 Å². The molecule has 1 aliphatic heterocycles. The lowest BCUT2D eigenvalue weighted by Crippen LogP contribution is -2.34. The number of carbonyl (C=O) groups is 1. The molecule has 0 spiro atoms. The van der Waals surface area contributed by atoms with Crippen molar-refractivity contribution in [2.75, 3.05) is 31.7 Å². The van der Waals surface area contributed by atoms with E-state index >= 15 is 0 Å². The van der Waals surface area contributed by atoms with Crippen molar-refractivity contribution in [1.29, 1.82) is 0 Å². The van der Waals surface area contributed by atoms with Gasteiger partial charge in [-0.15, -0.1) is 0 Å². The maximum atomic E-state index is 11.3. The van der Waals surface area contributed by atoms with Crippen LogP contribution in [-0.2, 0) is 9.47 Å². The van der Waals surface area contributed by atoms with Crippen LogP contribution in [0.1, 0.15) is 17.3 Å². The van der Waals surface area contributed by atoms with Crippen molar-refractivity contribution in [3.8, 4) is 0 Å². The summed E-state index contributed by atoms with van der Waals surface area (Å²) in [7, 11) is 0. The highest BCUT2D eigenvalue weighted by Crippen LogP contribution is 2.26. The molecule has 1 unspecified atom stereocenters. The van der Waals surface area contributed by atoms with Crippen molar-refractivity contribution in [2.24, 2.45) is 0 Å². The number of rotatable bonds is 5. The molecule has 1 saturated heterocycles. The first-order valence-electron chi connectivity index (χ1n) is 6.30. The zero-order chi connectivity index (χ0) is 14.5. The molecule has 1 aromatic rings. The predicted octanol–water partition coefficient (Wildman–Crippen LogP) is 1.62. The zero-order valence-electron chi connectivity index (χ0n) is 11.1. The Hall–Kier alpha value is -1.99. The van der Waals surface area contributed by atoms with E-state index in [0.29, 0.717) is 37.6 Å². The van der Waals surface area contributed by atoms with Gasteiger partial charge in [-0.05, 0) is 19.1 Å². The van der Waals surface area contributed by atoms with Crippen molar-refractivity contribution in [2.45, 2.75) is 13.0 Å². The van der Waals surface area contributed by atoms with Gasteiger partial charge in [-0.25, -0.2) is 0 Å². The number of nitro benzene ring substituents is 1. The largest absolute Gasteiger partial charge is 0.377 e. The van der Waals surface area contributed by atoms with Gasteiger partial charge in [-0.1, -0.05) is 0 Å². The van der Waals surface area contributed by atoms with Crippen LogP contribution in [0.3, 0.4) is 0 Å². The number of anilines is 1. The summed E-state index contributed by atoms with van der Waals surface area (Å²) in [5.74, 6) is -0.205.